The lowest BCUT2D eigenvalue weighted by Gasteiger charge is -2.30. The number of aliphatic hydroxyl groups excluding tert-OH is 2. The summed E-state index contributed by atoms with van der Waals surface area (Å²) in [7, 11) is 0. The number of ether oxygens (including phenoxy) is 1. The molecular formula is C20H27FN2O5. The van der Waals surface area contributed by atoms with Gasteiger partial charge < -0.3 is 20.3 Å². The van der Waals surface area contributed by atoms with E-state index in [1.807, 2.05) is 0 Å². The summed E-state index contributed by atoms with van der Waals surface area (Å²) in [6.45, 7) is 1.86. The van der Waals surface area contributed by atoms with Crippen LogP contribution in [0.1, 0.15) is 38.2 Å². The van der Waals surface area contributed by atoms with Crippen molar-refractivity contribution in [3.05, 3.63) is 29.6 Å². The minimum Gasteiger partial charge on any atom is -0.442 e. The van der Waals surface area contributed by atoms with Gasteiger partial charge in [0, 0.05) is 6.92 Å². The maximum absolute atomic E-state index is 14.5. The molecule has 8 heteroatoms. The molecule has 3 N–H and O–H groups in total. The lowest BCUT2D eigenvalue weighted by Crippen LogP contribution is -2.33. The second-order valence-corrected chi connectivity index (χ2v) is 7.68. The third-order valence-corrected chi connectivity index (χ3v) is 5.51. The molecule has 4 atom stereocenters. The van der Waals surface area contributed by atoms with Crippen molar-refractivity contribution in [1.82, 2.24) is 5.32 Å². The predicted molar refractivity (Wildman–Crippen MR) is 100 cm³/mol. The molecule has 0 spiro atoms. The molecule has 1 aromatic carbocycles. The average Bonchev–Trinajstić information content (AvgIpc) is 3.02. The molecule has 1 aliphatic carbocycles. The molecule has 1 heterocycles. The second kappa shape index (κ2) is 8.87. The van der Waals surface area contributed by atoms with Gasteiger partial charge in [-0.25, -0.2) is 9.18 Å². The predicted octanol–water partition coefficient (Wildman–Crippen LogP) is 1.74. The van der Waals surface area contributed by atoms with E-state index in [2.05, 4.69) is 5.32 Å². The van der Waals surface area contributed by atoms with Gasteiger partial charge in [0.2, 0.25) is 5.91 Å². The Kier molecular flexibility index (Phi) is 6.51. The fourth-order valence-corrected chi connectivity index (χ4v) is 3.84. The number of nitrogens with zero attached hydrogens (tertiary/aromatic N) is 1. The Hall–Kier alpha value is -2.19. The minimum atomic E-state index is -0.697. The molecule has 1 aromatic rings. The van der Waals surface area contributed by atoms with Gasteiger partial charge in [-0.05, 0) is 55.7 Å². The number of carbonyl (C=O) groups is 2. The van der Waals surface area contributed by atoms with E-state index in [0.717, 1.165) is 12.8 Å². The lowest BCUT2D eigenvalue weighted by molar-refractivity contribution is -0.119. The number of hydrogen-bond acceptors (Lipinski definition) is 5. The van der Waals surface area contributed by atoms with Crippen LogP contribution in [0.5, 0.6) is 0 Å². The van der Waals surface area contributed by atoms with Gasteiger partial charge in [-0.2, -0.15) is 0 Å². The number of aliphatic hydroxyl groups is 2. The summed E-state index contributed by atoms with van der Waals surface area (Å²) in [5.41, 5.74) is 0.986. The van der Waals surface area contributed by atoms with Gasteiger partial charge in [0.15, 0.2) is 0 Å². The first-order chi connectivity index (χ1) is 13.3. The number of halogens is 1. The van der Waals surface area contributed by atoms with Crippen LogP contribution in [0.15, 0.2) is 18.2 Å². The molecule has 2 amide bonds. The Morgan fingerprint density at radius 3 is 2.79 bits per heavy atom. The number of rotatable bonds is 6. The fourth-order valence-electron chi connectivity index (χ4n) is 3.84. The molecule has 1 saturated heterocycles. The molecule has 7 nitrogen and oxygen atoms in total. The average molecular weight is 394 g/mol. The largest absolute Gasteiger partial charge is 0.442 e. The number of hydrogen-bond donors (Lipinski definition) is 3. The van der Waals surface area contributed by atoms with E-state index < -0.39 is 24.4 Å². The van der Waals surface area contributed by atoms with Crippen LogP contribution in [0.25, 0.3) is 0 Å². The third-order valence-electron chi connectivity index (χ3n) is 5.51. The van der Waals surface area contributed by atoms with E-state index in [1.165, 1.54) is 17.9 Å². The zero-order chi connectivity index (χ0) is 20.3. The number of carbonyl (C=O) groups excluding carboxylic acids is 2. The van der Waals surface area contributed by atoms with Crippen LogP contribution >= 0.6 is 0 Å². The van der Waals surface area contributed by atoms with Crippen LogP contribution in [0.4, 0.5) is 14.9 Å². The first kappa shape index (κ1) is 20.5. The van der Waals surface area contributed by atoms with E-state index >= 15 is 0 Å². The van der Waals surface area contributed by atoms with Crippen molar-refractivity contribution in [2.45, 2.75) is 57.3 Å². The van der Waals surface area contributed by atoms with Crippen molar-refractivity contribution >= 4 is 17.7 Å². The first-order valence-electron chi connectivity index (χ1n) is 9.70. The van der Waals surface area contributed by atoms with Crippen LogP contribution < -0.4 is 10.2 Å². The van der Waals surface area contributed by atoms with Gasteiger partial charge in [-0.1, -0.05) is 6.07 Å². The summed E-state index contributed by atoms with van der Waals surface area (Å²) in [6, 6.07) is 4.70. The van der Waals surface area contributed by atoms with E-state index in [4.69, 9.17) is 4.74 Å². The summed E-state index contributed by atoms with van der Waals surface area (Å²) < 4.78 is 19.7. The van der Waals surface area contributed by atoms with E-state index in [-0.39, 0.29) is 30.7 Å². The molecule has 3 unspecified atom stereocenters. The summed E-state index contributed by atoms with van der Waals surface area (Å²) in [5, 5.41) is 22.0. The molecule has 0 aromatic heterocycles. The smallest absolute Gasteiger partial charge is 0.414 e. The van der Waals surface area contributed by atoms with Crippen molar-refractivity contribution in [3.8, 4) is 0 Å². The molecule has 2 fully saturated rings. The molecule has 3 rings (SSSR count). The maximum Gasteiger partial charge on any atom is 0.414 e. The molecular weight excluding hydrogens is 367 g/mol. The molecule has 0 bridgehead atoms. The van der Waals surface area contributed by atoms with Gasteiger partial charge >= 0.3 is 6.09 Å². The van der Waals surface area contributed by atoms with Crippen molar-refractivity contribution in [3.63, 3.8) is 0 Å². The normalized spacial score (nSPS) is 27.6. The Balaban J connectivity index is 1.56. The fraction of sp³-hybridized carbons (Fsp3) is 0.600. The molecule has 1 saturated carbocycles. The van der Waals surface area contributed by atoms with Gasteiger partial charge in [-0.15, -0.1) is 0 Å². The third kappa shape index (κ3) is 4.99. The number of cyclic esters (lactones) is 1. The highest BCUT2D eigenvalue weighted by atomic mass is 19.1. The summed E-state index contributed by atoms with van der Waals surface area (Å²) in [5.74, 6) is -0.322. The summed E-state index contributed by atoms with van der Waals surface area (Å²) in [6.07, 6.45) is 0.844. The van der Waals surface area contributed by atoms with Gasteiger partial charge in [0.1, 0.15) is 11.9 Å². The van der Waals surface area contributed by atoms with Crippen LogP contribution in [0.2, 0.25) is 0 Å². The van der Waals surface area contributed by atoms with Crippen LogP contribution in [0, 0.1) is 11.7 Å². The Morgan fingerprint density at radius 1 is 1.32 bits per heavy atom. The Bertz CT molecular complexity index is 729. The summed E-state index contributed by atoms with van der Waals surface area (Å²) >= 11 is 0. The maximum atomic E-state index is 14.5. The topological polar surface area (TPSA) is 99.1 Å². The van der Waals surface area contributed by atoms with E-state index in [1.54, 1.807) is 12.1 Å². The van der Waals surface area contributed by atoms with Crippen LogP contribution in [-0.2, 0) is 16.0 Å². The molecule has 1 aliphatic heterocycles. The van der Waals surface area contributed by atoms with Crippen molar-refractivity contribution in [2.75, 3.05) is 18.0 Å². The second-order valence-electron chi connectivity index (χ2n) is 7.68. The number of aryl methyl sites for hydroxylation is 1. The van der Waals surface area contributed by atoms with Crippen molar-refractivity contribution in [1.29, 1.82) is 0 Å². The Morgan fingerprint density at radius 2 is 2.11 bits per heavy atom. The highest BCUT2D eigenvalue weighted by Gasteiger charge is 2.33. The van der Waals surface area contributed by atoms with Gasteiger partial charge in [0.25, 0.3) is 0 Å². The molecule has 2 aliphatic rings. The van der Waals surface area contributed by atoms with E-state index in [9.17, 15) is 24.2 Å². The SMILES string of the molecule is CC(=O)NC[C@H]1CN(c2ccc(CCC3CCC(O)C(O)C3)c(F)c2)C(=O)O1. The van der Waals surface area contributed by atoms with Crippen molar-refractivity contribution in [2.24, 2.45) is 5.92 Å². The number of anilines is 1. The number of amides is 2. The van der Waals surface area contributed by atoms with Crippen LogP contribution in [-0.4, -0.2) is 53.6 Å². The zero-order valence-corrected chi connectivity index (χ0v) is 15.9. The molecule has 0 radical (unpaired) electrons. The molecule has 28 heavy (non-hydrogen) atoms. The van der Waals surface area contributed by atoms with E-state index in [0.29, 0.717) is 30.5 Å². The lowest BCUT2D eigenvalue weighted by atomic mass is 9.82. The summed E-state index contributed by atoms with van der Waals surface area (Å²) in [4.78, 5) is 24.4. The zero-order valence-electron chi connectivity index (χ0n) is 15.9. The van der Waals surface area contributed by atoms with Crippen LogP contribution in [0.3, 0.4) is 0 Å². The van der Waals surface area contributed by atoms with Gasteiger partial charge in [0.05, 0.1) is 31.0 Å². The van der Waals surface area contributed by atoms with Crippen molar-refractivity contribution < 1.29 is 28.9 Å². The number of benzene rings is 1. The first-order valence-corrected chi connectivity index (χ1v) is 9.70. The van der Waals surface area contributed by atoms with Gasteiger partial charge in [-0.3, -0.25) is 9.69 Å². The Labute approximate surface area is 163 Å². The minimum absolute atomic E-state index is 0.204. The quantitative estimate of drug-likeness (QED) is 0.683. The highest BCUT2D eigenvalue weighted by molar-refractivity contribution is 5.89. The monoisotopic (exact) mass is 394 g/mol. The molecule has 154 valence electrons. The number of nitrogens with one attached hydrogen (secondary N) is 1. The standard InChI is InChI=1S/C20H27FN2O5/c1-12(24)22-10-16-11-23(20(27)28-16)15-6-5-14(17(21)9-15)4-2-13-3-7-18(25)19(26)8-13/h5-6,9,13,16,18-19,25-26H,2-4,7-8,10-11H2,1H3,(H,22,24)/t13?,16-,18?,19?/m0/s1. The highest BCUT2D eigenvalue weighted by Crippen LogP contribution is 2.30.